The van der Waals surface area contributed by atoms with E-state index in [1.807, 2.05) is 0 Å². The Labute approximate surface area is 117 Å². The maximum Gasteiger partial charge on any atom is 0.250 e. The number of nitrogens with one attached hydrogen (secondary N) is 3. The third kappa shape index (κ3) is 4.04. The van der Waals surface area contributed by atoms with Crippen LogP contribution in [0.3, 0.4) is 0 Å². The number of hydrogen-bond donors (Lipinski definition) is 3. The van der Waals surface area contributed by atoms with Crippen molar-refractivity contribution in [2.75, 3.05) is 30.9 Å². The second-order valence-corrected chi connectivity index (χ2v) is 4.70. The molecule has 0 bridgehead atoms. The molecular formula is C14H19N3O3. The lowest BCUT2D eigenvalue weighted by Gasteiger charge is -2.12. The fourth-order valence-electron chi connectivity index (χ4n) is 2.14. The number of amides is 2. The first kappa shape index (κ1) is 14.5. The Morgan fingerprint density at radius 2 is 2.10 bits per heavy atom. The van der Waals surface area contributed by atoms with Gasteiger partial charge in [-0.25, -0.2) is 0 Å². The molecule has 1 aliphatic heterocycles. The molecule has 2 rings (SSSR count). The predicted octanol–water partition coefficient (Wildman–Crippen LogP) is 0.962. The highest BCUT2D eigenvalue weighted by Gasteiger charge is 2.21. The van der Waals surface area contributed by atoms with E-state index in [0.29, 0.717) is 11.4 Å². The summed E-state index contributed by atoms with van der Waals surface area (Å²) in [5, 5.41) is 8.68. The fourth-order valence-corrected chi connectivity index (χ4v) is 2.14. The Balaban J connectivity index is 1.95. The molecule has 1 fully saturated rings. The highest BCUT2D eigenvalue weighted by molar-refractivity contribution is 5.96. The standard InChI is InChI=1S/C14H19N3O3/c1-20-9-13(18)16-10-4-2-5-11(8-10)17-14(19)12-6-3-7-15-12/h2,4-5,8,12,15H,3,6-7,9H2,1H3,(H,16,18)(H,17,19)/t12-/m0/s1. The van der Waals surface area contributed by atoms with Gasteiger partial charge in [0.15, 0.2) is 0 Å². The number of carbonyl (C=O) groups is 2. The molecule has 1 aromatic rings. The molecular weight excluding hydrogens is 258 g/mol. The van der Waals surface area contributed by atoms with E-state index < -0.39 is 0 Å². The molecule has 3 N–H and O–H groups in total. The molecule has 2 amide bonds. The average Bonchev–Trinajstić information content (AvgIpc) is 2.93. The summed E-state index contributed by atoms with van der Waals surface area (Å²) in [7, 11) is 1.46. The number of benzene rings is 1. The Morgan fingerprint density at radius 1 is 1.35 bits per heavy atom. The second kappa shape index (κ2) is 7.02. The van der Waals surface area contributed by atoms with Gasteiger partial charge in [-0.1, -0.05) is 6.07 Å². The fraction of sp³-hybridized carbons (Fsp3) is 0.429. The van der Waals surface area contributed by atoms with Gasteiger partial charge in [-0.15, -0.1) is 0 Å². The van der Waals surface area contributed by atoms with E-state index in [4.69, 9.17) is 4.74 Å². The molecule has 1 aromatic carbocycles. The van der Waals surface area contributed by atoms with Crippen molar-refractivity contribution in [1.82, 2.24) is 5.32 Å². The van der Waals surface area contributed by atoms with Crippen molar-refractivity contribution in [3.05, 3.63) is 24.3 Å². The second-order valence-electron chi connectivity index (χ2n) is 4.70. The smallest absolute Gasteiger partial charge is 0.250 e. The van der Waals surface area contributed by atoms with Crippen LogP contribution in [0.1, 0.15) is 12.8 Å². The van der Waals surface area contributed by atoms with Crippen LogP contribution in [0.2, 0.25) is 0 Å². The van der Waals surface area contributed by atoms with Gasteiger partial charge < -0.3 is 20.7 Å². The monoisotopic (exact) mass is 277 g/mol. The minimum Gasteiger partial charge on any atom is -0.375 e. The molecule has 1 saturated heterocycles. The Kier molecular flexibility index (Phi) is 5.09. The van der Waals surface area contributed by atoms with Gasteiger partial charge in [-0.05, 0) is 37.6 Å². The van der Waals surface area contributed by atoms with Crippen molar-refractivity contribution in [2.24, 2.45) is 0 Å². The van der Waals surface area contributed by atoms with Crippen LogP contribution in [0, 0.1) is 0 Å². The molecule has 0 spiro atoms. The third-order valence-corrected chi connectivity index (χ3v) is 3.07. The van der Waals surface area contributed by atoms with Gasteiger partial charge in [0, 0.05) is 18.5 Å². The molecule has 20 heavy (non-hydrogen) atoms. The van der Waals surface area contributed by atoms with Gasteiger partial charge in [0.2, 0.25) is 11.8 Å². The van der Waals surface area contributed by atoms with Crippen LogP contribution in [0.5, 0.6) is 0 Å². The summed E-state index contributed by atoms with van der Waals surface area (Å²) in [6.45, 7) is 0.883. The molecule has 0 radical (unpaired) electrons. The first-order valence-corrected chi connectivity index (χ1v) is 6.62. The molecule has 6 heteroatoms. The molecule has 1 aliphatic rings. The van der Waals surface area contributed by atoms with Crippen LogP contribution in [0.15, 0.2) is 24.3 Å². The van der Waals surface area contributed by atoms with E-state index in [1.165, 1.54) is 7.11 Å². The first-order chi connectivity index (χ1) is 9.69. The lowest BCUT2D eigenvalue weighted by molar-refractivity contribution is -0.119. The van der Waals surface area contributed by atoms with E-state index >= 15 is 0 Å². The predicted molar refractivity (Wildman–Crippen MR) is 76.6 cm³/mol. The normalized spacial score (nSPS) is 17.8. The highest BCUT2D eigenvalue weighted by Crippen LogP contribution is 2.16. The minimum atomic E-state index is -0.228. The number of rotatable bonds is 5. The number of carbonyl (C=O) groups excluding carboxylic acids is 2. The number of hydrogen-bond acceptors (Lipinski definition) is 4. The molecule has 0 unspecified atom stereocenters. The van der Waals surface area contributed by atoms with Crippen LogP contribution in [0.25, 0.3) is 0 Å². The van der Waals surface area contributed by atoms with Gasteiger partial charge >= 0.3 is 0 Å². The number of anilines is 2. The Hall–Kier alpha value is -1.92. The molecule has 0 aromatic heterocycles. The summed E-state index contributed by atoms with van der Waals surface area (Å²) in [6.07, 6.45) is 1.88. The minimum absolute atomic E-state index is 0.00256. The van der Waals surface area contributed by atoms with Gasteiger partial charge in [0.1, 0.15) is 6.61 Å². The van der Waals surface area contributed by atoms with Crippen molar-refractivity contribution in [3.63, 3.8) is 0 Å². The van der Waals surface area contributed by atoms with Gasteiger partial charge in [0.25, 0.3) is 0 Å². The third-order valence-electron chi connectivity index (χ3n) is 3.07. The van der Waals surface area contributed by atoms with Crippen molar-refractivity contribution in [2.45, 2.75) is 18.9 Å². The van der Waals surface area contributed by atoms with E-state index in [-0.39, 0.29) is 24.5 Å². The summed E-state index contributed by atoms with van der Waals surface area (Å²) in [5.74, 6) is -0.267. The van der Waals surface area contributed by atoms with Crippen LogP contribution < -0.4 is 16.0 Å². The van der Waals surface area contributed by atoms with Crippen molar-refractivity contribution in [1.29, 1.82) is 0 Å². The Morgan fingerprint density at radius 3 is 2.75 bits per heavy atom. The SMILES string of the molecule is COCC(=O)Nc1cccc(NC(=O)[C@@H]2CCCN2)c1. The molecule has 6 nitrogen and oxygen atoms in total. The first-order valence-electron chi connectivity index (χ1n) is 6.62. The summed E-state index contributed by atoms with van der Waals surface area (Å²) in [5.41, 5.74) is 1.29. The summed E-state index contributed by atoms with van der Waals surface area (Å²) < 4.78 is 4.75. The van der Waals surface area contributed by atoms with Crippen LogP contribution in [0.4, 0.5) is 11.4 Å². The lowest BCUT2D eigenvalue weighted by atomic mass is 10.2. The average molecular weight is 277 g/mol. The van der Waals surface area contributed by atoms with Crippen LogP contribution >= 0.6 is 0 Å². The van der Waals surface area contributed by atoms with E-state index in [2.05, 4.69) is 16.0 Å². The molecule has 1 atom stereocenters. The number of ether oxygens (including phenoxy) is 1. The molecule has 1 heterocycles. The van der Waals surface area contributed by atoms with Gasteiger partial charge in [0.05, 0.1) is 6.04 Å². The zero-order valence-electron chi connectivity index (χ0n) is 11.4. The van der Waals surface area contributed by atoms with Crippen molar-refractivity contribution >= 4 is 23.2 Å². The zero-order valence-corrected chi connectivity index (χ0v) is 11.4. The lowest BCUT2D eigenvalue weighted by Crippen LogP contribution is -2.35. The summed E-state index contributed by atoms with van der Waals surface area (Å²) in [6, 6.07) is 6.93. The van der Waals surface area contributed by atoms with Crippen LogP contribution in [-0.2, 0) is 14.3 Å². The molecule has 0 aliphatic carbocycles. The van der Waals surface area contributed by atoms with Gasteiger partial charge in [-0.2, -0.15) is 0 Å². The molecule has 108 valence electrons. The van der Waals surface area contributed by atoms with Crippen LogP contribution in [-0.4, -0.2) is 38.1 Å². The largest absolute Gasteiger partial charge is 0.375 e. The van der Waals surface area contributed by atoms with E-state index in [1.54, 1.807) is 24.3 Å². The number of methoxy groups -OCH3 is 1. The van der Waals surface area contributed by atoms with Crippen molar-refractivity contribution in [3.8, 4) is 0 Å². The molecule has 0 saturated carbocycles. The van der Waals surface area contributed by atoms with E-state index in [0.717, 1.165) is 19.4 Å². The summed E-state index contributed by atoms with van der Waals surface area (Å²) >= 11 is 0. The van der Waals surface area contributed by atoms with E-state index in [9.17, 15) is 9.59 Å². The Bertz CT molecular complexity index is 484. The highest BCUT2D eigenvalue weighted by atomic mass is 16.5. The van der Waals surface area contributed by atoms with Gasteiger partial charge in [-0.3, -0.25) is 9.59 Å². The topological polar surface area (TPSA) is 79.5 Å². The van der Waals surface area contributed by atoms with Crippen molar-refractivity contribution < 1.29 is 14.3 Å². The summed E-state index contributed by atoms with van der Waals surface area (Å²) in [4.78, 5) is 23.4. The quantitative estimate of drug-likeness (QED) is 0.749. The zero-order chi connectivity index (χ0) is 14.4. The maximum absolute atomic E-state index is 12.0. The maximum atomic E-state index is 12.0.